The summed E-state index contributed by atoms with van der Waals surface area (Å²) in [5.74, 6) is -4.40. The summed E-state index contributed by atoms with van der Waals surface area (Å²) in [5.41, 5.74) is 0.288. The molecule has 0 spiro atoms. The number of aliphatic hydroxyl groups is 7. The Morgan fingerprint density at radius 2 is 1.03 bits per heavy atom. The summed E-state index contributed by atoms with van der Waals surface area (Å²) in [4.78, 5) is 63.4. The average molecular weight is 1040 g/mol. The van der Waals surface area contributed by atoms with Crippen molar-refractivity contribution in [2.45, 2.75) is 101 Å². The van der Waals surface area contributed by atoms with E-state index in [1.54, 1.807) is 0 Å². The highest BCUT2D eigenvalue weighted by Crippen LogP contribution is 2.29. The molecule has 10 N–H and O–H groups in total. The van der Waals surface area contributed by atoms with Gasteiger partial charge in [-0.25, -0.2) is 4.79 Å². The molecule has 2 aliphatic rings. The Morgan fingerprint density at radius 1 is 0.589 bits per heavy atom. The van der Waals surface area contributed by atoms with Gasteiger partial charge in [-0.1, -0.05) is 12.1 Å². The maximum atomic E-state index is 13.5. The van der Waals surface area contributed by atoms with Gasteiger partial charge >= 0.3 is 5.97 Å². The summed E-state index contributed by atoms with van der Waals surface area (Å²) in [6.07, 6.45) is -18.5. The number of benzene rings is 2. The lowest BCUT2D eigenvalue weighted by atomic mass is 9.99. The molecule has 2 fully saturated rings. The molecular formula is C45H67B2N3O23. The predicted molar refractivity (Wildman–Crippen MR) is 254 cm³/mol. The van der Waals surface area contributed by atoms with Crippen molar-refractivity contribution in [1.82, 2.24) is 15.5 Å². The molecule has 73 heavy (non-hydrogen) atoms. The van der Waals surface area contributed by atoms with Crippen molar-refractivity contribution >= 4 is 45.2 Å². The van der Waals surface area contributed by atoms with E-state index in [1.807, 2.05) is 25.7 Å². The molecule has 2 saturated heterocycles. The zero-order valence-electron chi connectivity index (χ0n) is 41.3. The Labute approximate surface area is 422 Å². The second-order valence-corrected chi connectivity index (χ2v) is 17.7. The van der Waals surface area contributed by atoms with Crippen molar-refractivity contribution in [2.75, 3.05) is 79.0 Å². The molecule has 0 aromatic heterocycles. The molecule has 0 saturated carbocycles. The summed E-state index contributed by atoms with van der Waals surface area (Å²) in [5, 5.41) is 86.0. The fourth-order valence-electron chi connectivity index (χ4n) is 6.88. The number of nitrogens with zero attached hydrogens (tertiary/aromatic N) is 1. The van der Waals surface area contributed by atoms with Crippen LogP contribution in [0, 0.1) is 0 Å². The van der Waals surface area contributed by atoms with Crippen molar-refractivity contribution in [3.63, 3.8) is 0 Å². The van der Waals surface area contributed by atoms with E-state index in [4.69, 9.17) is 47.4 Å². The number of amides is 2. The fourth-order valence-corrected chi connectivity index (χ4v) is 6.88. The van der Waals surface area contributed by atoms with Crippen molar-refractivity contribution in [3.05, 3.63) is 58.7 Å². The van der Waals surface area contributed by atoms with Crippen LogP contribution in [0.4, 0.5) is 9.59 Å². The first-order chi connectivity index (χ1) is 34.6. The molecule has 26 nitrogen and oxygen atoms in total. The van der Waals surface area contributed by atoms with E-state index in [-0.39, 0.29) is 81.0 Å². The SMILES string of the molecule is BC(=O)OCc1ccc(O[C@@H]2O[C@H](C(=O)O)[C@@H](O)[C@H](O)[C@H]2O)c(C(=O)NCCOCCN(CCOCCNC(=O)c2cc(COC(B)=O)ccc2O[C@@H]2O[C@H](O)[C@@H](O)[C@H](O)[C@H]2O)CCOCCOC(C)(C)C)c1. The van der Waals surface area contributed by atoms with Crippen LogP contribution in [0.25, 0.3) is 0 Å². The van der Waals surface area contributed by atoms with Gasteiger partial charge in [-0.05, 0) is 56.2 Å². The van der Waals surface area contributed by atoms with Gasteiger partial charge in [0, 0.05) is 32.7 Å². The maximum absolute atomic E-state index is 13.5. The lowest BCUT2D eigenvalue weighted by molar-refractivity contribution is -0.321. The molecule has 2 heterocycles. The minimum absolute atomic E-state index is 0.00349. The normalized spacial score (nSPS) is 24.1. The van der Waals surface area contributed by atoms with E-state index in [0.29, 0.717) is 50.6 Å². The first-order valence-electron chi connectivity index (χ1n) is 23.4. The van der Waals surface area contributed by atoms with Crippen LogP contribution < -0.4 is 20.1 Å². The summed E-state index contributed by atoms with van der Waals surface area (Å²) < 4.78 is 54.9. The number of nitrogens with one attached hydrogen (secondary N) is 2. The molecule has 28 heteroatoms. The van der Waals surface area contributed by atoms with E-state index < -0.39 is 91.1 Å². The number of ether oxygens (including phenoxy) is 10. The molecular weight excluding hydrogens is 972 g/mol. The highest BCUT2D eigenvalue weighted by molar-refractivity contribution is 6.55. The summed E-state index contributed by atoms with van der Waals surface area (Å²) in [6.45, 7) is 8.43. The van der Waals surface area contributed by atoms with E-state index in [1.165, 1.54) is 52.1 Å². The fraction of sp³-hybridized carbons (Fsp3) is 0.622. The lowest BCUT2D eigenvalue weighted by Gasteiger charge is -2.38. The van der Waals surface area contributed by atoms with Gasteiger partial charge in [0.2, 0.25) is 40.0 Å². The largest absolute Gasteiger partial charge is 0.479 e. The highest BCUT2D eigenvalue weighted by Gasteiger charge is 2.48. The van der Waals surface area contributed by atoms with Crippen LogP contribution in [0.1, 0.15) is 52.6 Å². The number of aliphatic hydroxyl groups excluding tert-OH is 7. The molecule has 406 valence electrons. The summed E-state index contributed by atoms with van der Waals surface area (Å²) >= 11 is 0. The van der Waals surface area contributed by atoms with E-state index in [0.717, 1.165) is 0 Å². The van der Waals surface area contributed by atoms with Gasteiger partial charge in [-0.2, -0.15) is 0 Å². The zero-order chi connectivity index (χ0) is 53.8. The van der Waals surface area contributed by atoms with Crippen LogP contribution in [0.3, 0.4) is 0 Å². The third-order valence-electron chi connectivity index (χ3n) is 10.8. The Bertz CT molecular complexity index is 2100. The molecule has 0 bridgehead atoms. The number of carboxylic acids is 1. The van der Waals surface area contributed by atoms with Gasteiger partial charge in [0.1, 0.15) is 61.3 Å². The number of carbonyl (C=O) groups is 5. The number of hydrogen-bond acceptors (Lipinski definition) is 23. The van der Waals surface area contributed by atoms with E-state index in [9.17, 15) is 64.8 Å². The summed E-state index contributed by atoms with van der Waals surface area (Å²) in [6, 6.07) is 8.34. The standard InChI is InChI=1S/C45H67B2N3O23/c1-45(2,3)69-19-18-66-17-12-50(11-16-65-14-9-49-38(58)27-21-25(23-68-44(47)63)5-7-29(27)71-42-35(56)31(52)33(54)40(61)73-42)10-15-64-13-8-48-37(57)26-20-24(22-67-43(46)62)4-6-28(26)70-41-34(55)30(51)32(53)36(72-41)39(59)60/h4-7,20-21,30-36,40-42,51-56,61H,8-19,22-23,46-47H2,1-3H3,(H,48,57)(H,49,58)(H,59,60)/t30-,31-,32-,33-,34+,35+,36-,40-,41+,42+/m0/s1. The highest BCUT2D eigenvalue weighted by atomic mass is 16.7. The van der Waals surface area contributed by atoms with Crippen molar-refractivity contribution in [1.29, 1.82) is 0 Å². The smallest absolute Gasteiger partial charge is 0.335 e. The minimum Gasteiger partial charge on any atom is -0.479 e. The molecule has 2 aromatic carbocycles. The first kappa shape index (κ1) is 60.5. The maximum Gasteiger partial charge on any atom is 0.335 e. The molecule has 0 unspecified atom stereocenters. The first-order valence-corrected chi connectivity index (χ1v) is 23.4. The topological polar surface area (TPSA) is 367 Å². The molecule has 2 aliphatic heterocycles. The molecule has 2 aromatic rings. The molecule has 10 atom stereocenters. The van der Waals surface area contributed by atoms with Gasteiger partial charge in [0.15, 0.2) is 12.4 Å². The van der Waals surface area contributed by atoms with Crippen molar-refractivity contribution in [2.24, 2.45) is 0 Å². The minimum atomic E-state index is -1.97. The van der Waals surface area contributed by atoms with Crippen molar-refractivity contribution in [3.8, 4) is 11.5 Å². The van der Waals surface area contributed by atoms with E-state index in [2.05, 4.69) is 10.6 Å². The van der Waals surface area contributed by atoms with Crippen LogP contribution in [-0.2, 0) is 55.9 Å². The van der Waals surface area contributed by atoms with Crippen LogP contribution in [0.5, 0.6) is 11.5 Å². The molecule has 2 amide bonds. The third kappa shape index (κ3) is 20.0. The van der Waals surface area contributed by atoms with Gasteiger partial charge in [-0.3, -0.25) is 24.1 Å². The Hall–Kier alpha value is -5.04. The number of rotatable bonds is 29. The van der Waals surface area contributed by atoms with Gasteiger partial charge in [0.25, 0.3) is 11.8 Å². The molecule has 0 radical (unpaired) electrons. The third-order valence-corrected chi connectivity index (χ3v) is 10.8. The van der Waals surface area contributed by atoms with E-state index >= 15 is 0 Å². The predicted octanol–water partition coefficient (Wildman–Crippen LogP) is -4.04. The Balaban J connectivity index is 1.30. The van der Waals surface area contributed by atoms with Gasteiger partial charge in [-0.15, -0.1) is 0 Å². The van der Waals surface area contributed by atoms with Crippen LogP contribution in [0.15, 0.2) is 36.4 Å². The monoisotopic (exact) mass is 1040 g/mol. The molecule has 0 aliphatic carbocycles. The average Bonchev–Trinajstić information content (AvgIpc) is 3.33. The van der Waals surface area contributed by atoms with Gasteiger partial charge in [0.05, 0.1) is 63.0 Å². The van der Waals surface area contributed by atoms with Crippen LogP contribution in [-0.4, -0.2) is 237 Å². The Kier molecular flexibility index (Phi) is 24.7. The summed E-state index contributed by atoms with van der Waals surface area (Å²) in [7, 11) is 2.43. The number of hydrogen-bond donors (Lipinski definition) is 10. The second kappa shape index (κ2) is 29.7. The number of carbonyl (C=O) groups excluding carboxylic acids is 4. The van der Waals surface area contributed by atoms with Crippen LogP contribution >= 0.6 is 0 Å². The quantitative estimate of drug-likeness (QED) is 0.0274. The Morgan fingerprint density at radius 3 is 1.47 bits per heavy atom. The number of aliphatic carboxylic acids is 1. The number of carboxylic acid groups (broad SMARTS) is 1. The lowest BCUT2D eigenvalue weighted by Crippen LogP contribution is -2.61. The van der Waals surface area contributed by atoms with Crippen LogP contribution in [0.2, 0.25) is 0 Å². The van der Waals surface area contributed by atoms with Gasteiger partial charge < -0.3 is 98.9 Å². The van der Waals surface area contributed by atoms with Crippen molar-refractivity contribution < 1.29 is 112 Å². The second-order valence-electron chi connectivity index (χ2n) is 17.7. The molecule has 4 rings (SSSR count). The zero-order valence-corrected chi connectivity index (χ0v) is 41.3.